The first kappa shape index (κ1) is 35.9. The summed E-state index contributed by atoms with van der Waals surface area (Å²) >= 11 is 1.46. The Morgan fingerprint density at radius 2 is 1.96 bits per heavy atom. The summed E-state index contributed by atoms with van der Waals surface area (Å²) in [4.78, 5) is 65.7. The van der Waals surface area contributed by atoms with Gasteiger partial charge in [-0.2, -0.15) is 0 Å². The fraction of sp³-hybridized carbons (Fsp3) is 0.500. The number of fused-ring (bicyclic) bond motifs is 1. The van der Waals surface area contributed by atoms with Crippen LogP contribution in [0.5, 0.6) is 11.5 Å². The lowest BCUT2D eigenvalue weighted by atomic mass is 10.1. The van der Waals surface area contributed by atoms with Gasteiger partial charge >= 0.3 is 12.0 Å². The average molecular weight is 720 g/mol. The number of carbonyl (C=O) groups is 4. The summed E-state index contributed by atoms with van der Waals surface area (Å²) in [6.45, 7) is 12.6. The van der Waals surface area contributed by atoms with Gasteiger partial charge in [-0.1, -0.05) is 19.9 Å². The Balaban J connectivity index is 1.30. The Morgan fingerprint density at radius 1 is 1.18 bits per heavy atom. The number of pyridine rings is 1. The zero-order chi connectivity index (χ0) is 36.6. The molecule has 3 fully saturated rings. The molecule has 0 bridgehead atoms. The number of benzene rings is 1. The van der Waals surface area contributed by atoms with Crippen LogP contribution in [0.3, 0.4) is 0 Å². The van der Waals surface area contributed by atoms with Crippen molar-refractivity contribution in [2.24, 2.45) is 11.8 Å². The number of hydrogen-bond acceptors (Lipinski definition) is 10. The van der Waals surface area contributed by atoms with Gasteiger partial charge in [-0.3, -0.25) is 9.59 Å². The number of carboxylic acid groups (broad SMARTS) is 1. The number of aliphatic carboxylic acids is 1. The van der Waals surface area contributed by atoms with Crippen molar-refractivity contribution in [3.8, 4) is 22.9 Å². The molecule has 5 atom stereocenters. The van der Waals surface area contributed by atoms with Gasteiger partial charge < -0.3 is 40.3 Å². The molecule has 14 nitrogen and oxygen atoms in total. The van der Waals surface area contributed by atoms with Crippen LogP contribution < -0.4 is 25.4 Å². The average Bonchev–Trinajstić information content (AvgIpc) is 3.39. The topological polar surface area (TPSA) is 175 Å². The van der Waals surface area contributed by atoms with E-state index in [1.54, 1.807) is 30.2 Å². The third-order valence-corrected chi connectivity index (χ3v) is 10.4. The Hall–Kier alpha value is -4.92. The molecule has 51 heavy (non-hydrogen) atoms. The van der Waals surface area contributed by atoms with Crippen molar-refractivity contribution in [1.29, 1.82) is 0 Å². The largest absolute Gasteiger partial charge is 0.497 e. The molecule has 6 rings (SSSR count). The Labute approximate surface area is 300 Å². The minimum absolute atomic E-state index is 0.0364. The molecule has 1 saturated carbocycles. The molecule has 2 saturated heterocycles. The van der Waals surface area contributed by atoms with Crippen LogP contribution in [0.25, 0.3) is 22.3 Å². The smallest absolute Gasteiger partial charge is 0.330 e. The zero-order valence-corrected chi connectivity index (χ0v) is 30.3. The van der Waals surface area contributed by atoms with Gasteiger partial charge in [-0.05, 0) is 44.7 Å². The van der Waals surface area contributed by atoms with Crippen molar-refractivity contribution in [2.75, 3.05) is 32.1 Å². The number of aromatic nitrogens is 2. The lowest BCUT2D eigenvalue weighted by Gasteiger charge is -2.27. The minimum Gasteiger partial charge on any atom is -0.497 e. The van der Waals surface area contributed by atoms with Crippen LogP contribution in [0.15, 0.2) is 42.3 Å². The Bertz CT molecular complexity index is 1850. The van der Waals surface area contributed by atoms with Crippen molar-refractivity contribution < 1.29 is 33.8 Å². The second kappa shape index (κ2) is 14.4. The van der Waals surface area contributed by atoms with Gasteiger partial charge in [0.15, 0.2) is 5.13 Å². The lowest BCUT2D eigenvalue weighted by molar-refractivity contribution is -0.145. The molecule has 3 aromatic rings. The van der Waals surface area contributed by atoms with Crippen LogP contribution in [0.1, 0.15) is 47.0 Å². The minimum atomic E-state index is -1.48. The van der Waals surface area contributed by atoms with Gasteiger partial charge in [-0.25, -0.2) is 19.6 Å². The van der Waals surface area contributed by atoms with E-state index < -0.39 is 47.4 Å². The summed E-state index contributed by atoms with van der Waals surface area (Å²) < 4.78 is 12.1. The number of carbonyl (C=O) groups excluding carboxylic acids is 3. The number of rotatable bonds is 14. The normalized spacial score (nSPS) is 24.2. The quantitative estimate of drug-likeness (QED) is 0.178. The number of ether oxygens (including phenoxy) is 2. The number of methoxy groups -OCH3 is 1. The predicted octanol–water partition coefficient (Wildman–Crippen LogP) is 4.12. The Morgan fingerprint density at radius 3 is 2.63 bits per heavy atom. The second-order valence-corrected chi connectivity index (χ2v) is 15.0. The van der Waals surface area contributed by atoms with Gasteiger partial charge in [0.2, 0.25) is 11.8 Å². The highest BCUT2D eigenvalue weighted by molar-refractivity contribution is 7.14. The third kappa shape index (κ3) is 7.43. The second-order valence-electron chi connectivity index (χ2n) is 14.2. The van der Waals surface area contributed by atoms with Crippen LogP contribution in [-0.4, -0.2) is 105 Å². The highest BCUT2D eigenvalue weighted by atomic mass is 32.1. The number of carboxylic acids is 1. The van der Waals surface area contributed by atoms with Crippen LogP contribution in [0, 0.1) is 11.8 Å². The third-order valence-electron chi connectivity index (χ3n) is 9.59. The first-order valence-corrected chi connectivity index (χ1v) is 18.1. The number of urea groups is 1. The summed E-state index contributed by atoms with van der Waals surface area (Å²) in [6, 6.07) is 5.20. The summed E-state index contributed by atoms with van der Waals surface area (Å²) in [5.41, 5.74) is 0.351. The molecule has 1 aromatic carbocycles. The van der Waals surface area contributed by atoms with Crippen molar-refractivity contribution in [3.63, 3.8) is 0 Å². The number of anilines is 1. The summed E-state index contributed by atoms with van der Waals surface area (Å²) in [7, 11) is 1.58. The summed E-state index contributed by atoms with van der Waals surface area (Å²) in [5.74, 6) is -1.15. The van der Waals surface area contributed by atoms with Crippen LogP contribution in [0.2, 0.25) is 0 Å². The van der Waals surface area contributed by atoms with Crippen LogP contribution in [-0.2, 0) is 14.4 Å². The van der Waals surface area contributed by atoms with Gasteiger partial charge in [0.1, 0.15) is 40.9 Å². The Kier molecular flexibility index (Phi) is 10.1. The molecule has 0 unspecified atom stereocenters. The highest BCUT2D eigenvalue weighted by Crippen LogP contribution is 2.45. The molecule has 4 amide bonds. The number of amides is 4. The maximum absolute atomic E-state index is 14.1. The lowest BCUT2D eigenvalue weighted by Crippen LogP contribution is -2.55. The standard InChI is InChI=1S/C36H45N7O7S/c1-7-21-15-36(21,33(46)47)41-31(44)29-13-23(16-43(29)32(45)27-17-42(35(48)40-27)11-10-19(2)3)50-30-14-26(28-18-51-34(39-28)37-20(4)5)38-25-12-22(49-6)8-9-24(25)30/h7-9,12,14,18-21,23,27,29H,1,10-11,13,15-17H2,2-6H3,(H,37,39)(H,40,48)(H,41,44)(H,46,47)/t21-,23-,27+,29+,36-/m1/s1. The summed E-state index contributed by atoms with van der Waals surface area (Å²) in [6.07, 6.45) is 1.96. The zero-order valence-electron chi connectivity index (χ0n) is 29.5. The van der Waals surface area contributed by atoms with Crippen molar-refractivity contribution in [3.05, 3.63) is 42.3 Å². The fourth-order valence-corrected chi connectivity index (χ4v) is 7.50. The van der Waals surface area contributed by atoms with Gasteiger partial charge in [-0.15, -0.1) is 17.9 Å². The first-order chi connectivity index (χ1) is 24.3. The van der Waals surface area contributed by atoms with E-state index in [0.717, 1.165) is 11.6 Å². The molecule has 0 spiro atoms. The number of nitrogens with one attached hydrogen (secondary N) is 3. The number of nitrogens with zero attached hydrogens (tertiary/aromatic N) is 4. The van der Waals surface area contributed by atoms with Crippen LogP contribution >= 0.6 is 11.3 Å². The molecule has 1 aliphatic carbocycles. The molecule has 15 heteroatoms. The molecule has 4 heterocycles. The van der Waals surface area contributed by atoms with E-state index in [-0.39, 0.29) is 38.0 Å². The van der Waals surface area contributed by atoms with Crippen molar-refractivity contribution >= 4 is 51.2 Å². The predicted molar refractivity (Wildman–Crippen MR) is 193 cm³/mol. The molecule has 272 valence electrons. The van der Waals surface area contributed by atoms with E-state index in [9.17, 15) is 24.3 Å². The monoisotopic (exact) mass is 719 g/mol. The molecule has 2 aliphatic heterocycles. The van der Waals surface area contributed by atoms with Crippen LogP contribution in [0.4, 0.5) is 9.93 Å². The van der Waals surface area contributed by atoms with E-state index in [2.05, 4.69) is 36.4 Å². The fourth-order valence-electron chi connectivity index (χ4n) is 6.65. The molecule has 0 radical (unpaired) electrons. The SMILES string of the molecule is C=C[C@@H]1C[C@]1(NC(=O)[C@@H]1C[C@@H](Oc2cc(-c3csc(NC(C)C)n3)nc3cc(OC)ccc23)CN1C(=O)[C@@H]1CN(CCC(C)C)C(=O)N1)C(=O)O. The molecule has 3 aliphatic rings. The number of thiazole rings is 1. The van der Waals surface area contributed by atoms with Gasteiger partial charge in [0.25, 0.3) is 0 Å². The van der Waals surface area contributed by atoms with E-state index in [0.29, 0.717) is 46.3 Å². The molecule has 4 N–H and O–H groups in total. The van der Waals surface area contributed by atoms with E-state index >= 15 is 0 Å². The van der Waals surface area contributed by atoms with Crippen molar-refractivity contribution in [2.45, 2.75) is 76.7 Å². The number of hydrogen-bond donors (Lipinski definition) is 4. The van der Waals surface area contributed by atoms with Gasteiger partial charge in [0, 0.05) is 47.8 Å². The molecular weight excluding hydrogens is 675 g/mol. The van der Waals surface area contributed by atoms with E-state index in [1.807, 2.05) is 25.3 Å². The maximum Gasteiger partial charge on any atom is 0.330 e. The van der Waals surface area contributed by atoms with Gasteiger partial charge in [0.05, 0.1) is 31.4 Å². The van der Waals surface area contributed by atoms with E-state index in [1.165, 1.54) is 22.3 Å². The maximum atomic E-state index is 14.1. The first-order valence-electron chi connectivity index (χ1n) is 17.2. The number of likely N-dealkylation sites (tertiary alicyclic amines) is 1. The molecular formula is C36H45N7O7S. The van der Waals surface area contributed by atoms with E-state index in [4.69, 9.17) is 19.4 Å². The van der Waals surface area contributed by atoms with Crippen molar-refractivity contribution in [1.82, 2.24) is 30.4 Å². The summed E-state index contributed by atoms with van der Waals surface area (Å²) in [5, 5.41) is 22.2. The highest BCUT2D eigenvalue weighted by Gasteiger charge is 2.61. The molecule has 2 aromatic heterocycles.